The summed E-state index contributed by atoms with van der Waals surface area (Å²) in [5.41, 5.74) is 9.29. The first-order valence-electron chi connectivity index (χ1n) is 5.32. The van der Waals surface area contributed by atoms with Gasteiger partial charge in [0, 0.05) is 11.1 Å². The van der Waals surface area contributed by atoms with Crippen molar-refractivity contribution in [2.45, 2.75) is 20.3 Å². The molecule has 2 nitrogen and oxygen atoms in total. The van der Waals surface area contributed by atoms with Crippen LogP contribution in [0, 0.1) is 19.7 Å². The Morgan fingerprint density at radius 3 is 2.75 bits per heavy atom. The molecule has 0 spiro atoms. The van der Waals surface area contributed by atoms with Gasteiger partial charge < -0.3 is 10.7 Å². The smallest absolute Gasteiger partial charge is 0.140 e. The number of nitrogens with two attached hydrogens (primary N) is 1. The Morgan fingerprint density at radius 1 is 1.44 bits per heavy atom. The Hall–Kier alpha value is -1.29. The van der Waals surface area contributed by atoms with E-state index < -0.39 is 0 Å². The number of fused-ring (bicyclic) bond motifs is 1. The van der Waals surface area contributed by atoms with Gasteiger partial charge in [0.1, 0.15) is 13.7 Å². The molecule has 0 unspecified atom stereocenters. The minimum atomic E-state index is -0.369. The molecule has 1 heterocycles. The van der Waals surface area contributed by atoms with Crippen molar-refractivity contribution in [2.24, 2.45) is 5.73 Å². The second-order valence-corrected chi connectivity index (χ2v) is 4.11. The molecule has 0 aliphatic carbocycles. The lowest BCUT2D eigenvalue weighted by atomic mass is 9.91. The number of hydrogen-bond donors (Lipinski definition) is 2. The van der Waals surface area contributed by atoms with Crippen LogP contribution in [0.2, 0.25) is 0 Å². The van der Waals surface area contributed by atoms with Gasteiger partial charge in [-0.25, -0.2) is 4.39 Å². The number of H-pyrrole nitrogens is 1. The predicted octanol–water partition coefficient (Wildman–Crippen LogP) is 1.22. The largest absolute Gasteiger partial charge is 0.356 e. The molecule has 0 bridgehead atoms. The summed E-state index contributed by atoms with van der Waals surface area (Å²) in [4.78, 5) is 3.05. The standard InChI is InChI=1S/C12H14BFN2/c1-6-5-9(13)11(14)12-10(6)8(3-4-15)7(2)16-12/h5,16H,3-4,15H2,1-2H3. The Bertz CT molecular complexity index is 546. The quantitative estimate of drug-likeness (QED) is 0.728. The molecule has 1 aromatic heterocycles. The lowest BCUT2D eigenvalue weighted by molar-refractivity contribution is 0.645. The van der Waals surface area contributed by atoms with E-state index in [1.807, 2.05) is 13.8 Å². The fourth-order valence-electron chi connectivity index (χ4n) is 2.23. The molecule has 0 atom stereocenters. The van der Waals surface area contributed by atoms with Gasteiger partial charge in [0.05, 0.1) is 5.52 Å². The zero-order chi connectivity index (χ0) is 11.9. The Morgan fingerprint density at radius 2 is 2.12 bits per heavy atom. The maximum absolute atomic E-state index is 13.8. The third-order valence-corrected chi connectivity index (χ3v) is 2.95. The number of rotatable bonds is 2. The lowest BCUT2D eigenvalue weighted by Crippen LogP contribution is -2.10. The predicted molar refractivity (Wildman–Crippen MR) is 65.9 cm³/mol. The van der Waals surface area contributed by atoms with Crippen molar-refractivity contribution in [1.29, 1.82) is 0 Å². The number of aromatic nitrogens is 1. The number of aryl methyl sites for hydroxylation is 2. The first-order valence-corrected chi connectivity index (χ1v) is 5.32. The summed E-state index contributed by atoms with van der Waals surface area (Å²) >= 11 is 0. The molecule has 2 aromatic rings. The molecule has 0 aliphatic rings. The highest BCUT2D eigenvalue weighted by molar-refractivity contribution is 6.33. The van der Waals surface area contributed by atoms with Gasteiger partial charge in [-0.1, -0.05) is 11.5 Å². The maximum atomic E-state index is 13.8. The highest BCUT2D eigenvalue weighted by Gasteiger charge is 2.14. The zero-order valence-electron chi connectivity index (χ0n) is 9.52. The average molecular weight is 216 g/mol. The van der Waals surface area contributed by atoms with Gasteiger partial charge in [0.15, 0.2) is 0 Å². The molecular formula is C12H14BFN2. The van der Waals surface area contributed by atoms with Crippen molar-refractivity contribution in [3.8, 4) is 0 Å². The van der Waals surface area contributed by atoms with Crippen LogP contribution >= 0.6 is 0 Å². The highest BCUT2D eigenvalue weighted by atomic mass is 19.1. The monoisotopic (exact) mass is 216 g/mol. The molecule has 1 aromatic carbocycles. The van der Waals surface area contributed by atoms with Crippen molar-refractivity contribution >= 4 is 24.2 Å². The number of halogens is 1. The van der Waals surface area contributed by atoms with Crippen molar-refractivity contribution in [1.82, 2.24) is 4.98 Å². The van der Waals surface area contributed by atoms with Crippen LogP contribution in [0.1, 0.15) is 16.8 Å². The van der Waals surface area contributed by atoms with E-state index in [0.717, 1.165) is 28.6 Å². The Balaban J connectivity index is 2.83. The molecule has 0 saturated heterocycles. The summed E-state index contributed by atoms with van der Waals surface area (Å²) in [6.45, 7) is 4.42. The van der Waals surface area contributed by atoms with Gasteiger partial charge in [-0.15, -0.1) is 0 Å². The van der Waals surface area contributed by atoms with Gasteiger partial charge in [0.2, 0.25) is 0 Å². The van der Waals surface area contributed by atoms with E-state index in [-0.39, 0.29) is 11.3 Å². The molecule has 2 radical (unpaired) electrons. The molecule has 2 rings (SSSR count). The number of aromatic amines is 1. The van der Waals surface area contributed by atoms with E-state index in [2.05, 4.69) is 4.98 Å². The fourth-order valence-corrected chi connectivity index (χ4v) is 2.23. The van der Waals surface area contributed by atoms with E-state index in [9.17, 15) is 4.39 Å². The van der Waals surface area contributed by atoms with Crippen molar-refractivity contribution in [3.05, 3.63) is 28.7 Å². The zero-order valence-corrected chi connectivity index (χ0v) is 9.52. The summed E-state index contributed by atoms with van der Waals surface area (Å²) in [6.07, 6.45) is 0.746. The number of benzene rings is 1. The van der Waals surface area contributed by atoms with Gasteiger partial charge in [-0.05, 0) is 37.9 Å². The summed E-state index contributed by atoms with van der Waals surface area (Å²) in [5.74, 6) is -0.369. The molecule has 82 valence electrons. The van der Waals surface area contributed by atoms with Crippen LogP contribution in [-0.4, -0.2) is 19.4 Å². The van der Waals surface area contributed by atoms with Crippen molar-refractivity contribution in [2.75, 3.05) is 6.54 Å². The van der Waals surface area contributed by atoms with Crippen LogP contribution < -0.4 is 11.2 Å². The van der Waals surface area contributed by atoms with E-state index in [1.54, 1.807) is 6.07 Å². The van der Waals surface area contributed by atoms with Gasteiger partial charge in [-0.2, -0.15) is 0 Å². The van der Waals surface area contributed by atoms with E-state index in [1.165, 1.54) is 0 Å². The molecule has 0 aliphatic heterocycles. The first-order chi connectivity index (χ1) is 7.56. The SMILES string of the molecule is [B]c1cc(C)c2c(CCN)c(C)[nH]c2c1F. The van der Waals surface area contributed by atoms with Gasteiger partial charge in [-0.3, -0.25) is 0 Å². The number of nitrogens with one attached hydrogen (secondary N) is 1. The third kappa shape index (κ3) is 1.54. The molecule has 3 N–H and O–H groups in total. The van der Waals surface area contributed by atoms with Gasteiger partial charge >= 0.3 is 0 Å². The van der Waals surface area contributed by atoms with Crippen LogP contribution in [0.25, 0.3) is 10.9 Å². The fraction of sp³-hybridized carbons (Fsp3) is 0.333. The molecule has 0 amide bonds. The van der Waals surface area contributed by atoms with Crippen molar-refractivity contribution < 1.29 is 4.39 Å². The Kier molecular flexibility index (Phi) is 2.76. The lowest BCUT2D eigenvalue weighted by Gasteiger charge is -2.05. The molecular weight excluding hydrogens is 202 g/mol. The number of hydrogen-bond acceptors (Lipinski definition) is 1. The average Bonchev–Trinajstić information content (AvgIpc) is 2.54. The summed E-state index contributed by atoms with van der Waals surface area (Å²) in [5, 5.41) is 0.926. The third-order valence-electron chi connectivity index (χ3n) is 2.95. The minimum absolute atomic E-state index is 0.186. The van der Waals surface area contributed by atoms with E-state index in [4.69, 9.17) is 13.6 Å². The van der Waals surface area contributed by atoms with E-state index >= 15 is 0 Å². The minimum Gasteiger partial charge on any atom is -0.356 e. The molecule has 0 saturated carbocycles. The van der Waals surface area contributed by atoms with E-state index in [0.29, 0.717) is 12.1 Å². The summed E-state index contributed by atoms with van der Waals surface area (Å²) in [6, 6.07) is 1.67. The van der Waals surface area contributed by atoms with Crippen LogP contribution in [0.15, 0.2) is 6.07 Å². The van der Waals surface area contributed by atoms with Gasteiger partial charge in [0.25, 0.3) is 0 Å². The second-order valence-electron chi connectivity index (χ2n) is 4.11. The van der Waals surface area contributed by atoms with Crippen LogP contribution in [0.3, 0.4) is 0 Å². The highest BCUT2D eigenvalue weighted by Crippen LogP contribution is 2.26. The summed E-state index contributed by atoms with van der Waals surface area (Å²) in [7, 11) is 5.60. The van der Waals surface area contributed by atoms with Crippen LogP contribution in [0.4, 0.5) is 4.39 Å². The van der Waals surface area contributed by atoms with Crippen LogP contribution in [-0.2, 0) is 6.42 Å². The first kappa shape index (κ1) is 11.2. The summed E-state index contributed by atoms with van der Waals surface area (Å²) < 4.78 is 13.8. The maximum Gasteiger partial charge on any atom is 0.140 e. The molecule has 16 heavy (non-hydrogen) atoms. The molecule has 4 heteroatoms. The normalized spacial score (nSPS) is 11.2. The van der Waals surface area contributed by atoms with Crippen molar-refractivity contribution in [3.63, 3.8) is 0 Å². The van der Waals surface area contributed by atoms with Crippen LogP contribution in [0.5, 0.6) is 0 Å². The topological polar surface area (TPSA) is 41.8 Å². The second kappa shape index (κ2) is 3.94. The molecule has 0 fully saturated rings. The Labute approximate surface area is 95.4 Å².